The van der Waals surface area contributed by atoms with Gasteiger partial charge in [-0.3, -0.25) is 4.79 Å². The number of aliphatic hydroxyl groups is 1. The van der Waals surface area contributed by atoms with E-state index in [0.717, 1.165) is 38.2 Å². The highest BCUT2D eigenvalue weighted by Gasteiger charge is 2.35. The summed E-state index contributed by atoms with van der Waals surface area (Å²) in [5.41, 5.74) is 3.22. The fourth-order valence-corrected chi connectivity index (χ4v) is 5.86. The van der Waals surface area contributed by atoms with E-state index in [-0.39, 0.29) is 29.8 Å². The summed E-state index contributed by atoms with van der Waals surface area (Å²) >= 11 is 0. The lowest BCUT2D eigenvalue weighted by Crippen LogP contribution is -2.53. The molecule has 1 amide bonds. The molecule has 0 aliphatic heterocycles. The molecule has 0 unspecified atom stereocenters. The number of carbonyl (C=O) groups is 1. The van der Waals surface area contributed by atoms with Crippen molar-refractivity contribution in [3.63, 3.8) is 0 Å². The molecule has 1 fully saturated rings. The smallest absolute Gasteiger partial charge is 0.251 e. The molecule has 0 bridgehead atoms. The molecule has 3 aromatic rings. The third kappa shape index (κ3) is 8.21. The van der Waals surface area contributed by atoms with Gasteiger partial charge in [0.25, 0.3) is 5.91 Å². The number of carbonyl (C=O) groups excluding carboxylic acids is 1. The van der Waals surface area contributed by atoms with E-state index < -0.39 is 23.8 Å². The first-order valence-corrected chi connectivity index (χ1v) is 14.4. The Labute approximate surface area is 237 Å². The Morgan fingerprint density at radius 1 is 0.900 bits per heavy atom. The molecule has 0 spiro atoms. The predicted octanol–water partition coefficient (Wildman–Crippen LogP) is 6.70. The van der Waals surface area contributed by atoms with E-state index in [2.05, 4.69) is 55.7 Å². The van der Waals surface area contributed by atoms with E-state index in [1.165, 1.54) is 29.7 Å². The highest BCUT2D eigenvalue weighted by molar-refractivity contribution is 5.94. The second-order valence-electron chi connectivity index (χ2n) is 12.5. The summed E-state index contributed by atoms with van der Waals surface area (Å²) < 4.78 is 27.9. The highest BCUT2D eigenvalue weighted by Crippen LogP contribution is 2.38. The highest BCUT2D eigenvalue weighted by atomic mass is 19.1. The molecule has 4 nitrogen and oxygen atoms in total. The molecule has 6 heteroatoms. The molecule has 3 aromatic carbocycles. The van der Waals surface area contributed by atoms with Crippen molar-refractivity contribution >= 4 is 5.91 Å². The first kappa shape index (κ1) is 29.9. The minimum atomic E-state index is -0.990. The van der Waals surface area contributed by atoms with Gasteiger partial charge in [0, 0.05) is 23.7 Å². The second kappa shape index (κ2) is 13.0. The number of halogens is 2. The normalized spacial score (nSPS) is 16.8. The van der Waals surface area contributed by atoms with Crippen LogP contribution in [-0.4, -0.2) is 29.7 Å². The molecule has 2 atom stereocenters. The molecule has 0 aromatic heterocycles. The maximum Gasteiger partial charge on any atom is 0.251 e. The van der Waals surface area contributed by atoms with Crippen LogP contribution >= 0.6 is 0 Å². The van der Waals surface area contributed by atoms with Gasteiger partial charge in [-0.05, 0) is 72.1 Å². The Hall–Kier alpha value is -3.09. The molecule has 1 saturated carbocycles. The van der Waals surface area contributed by atoms with Crippen LogP contribution in [0, 0.1) is 17.0 Å². The van der Waals surface area contributed by atoms with E-state index >= 15 is 0 Å². The first-order chi connectivity index (χ1) is 19.0. The number of benzene rings is 3. The van der Waals surface area contributed by atoms with Crippen LogP contribution in [-0.2, 0) is 18.4 Å². The van der Waals surface area contributed by atoms with Crippen molar-refractivity contribution in [3.8, 4) is 0 Å². The molecular formula is C34H42F2N2O2. The summed E-state index contributed by atoms with van der Waals surface area (Å²) in [7, 11) is 0. The van der Waals surface area contributed by atoms with Gasteiger partial charge in [-0.2, -0.15) is 0 Å². The Bertz CT molecular complexity index is 1250. The van der Waals surface area contributed by atoms with Gasteiger partial charge < -0.3 is 15.7 Å². The minimum absolute atomic E-state index is 0.0875. The van der Waals surface area contributed by atoms with Gasteiger partial charge in [-0.15, -0.1) is 0 Å². The van der Waals surface area contributed by atoms with Crippen molar-refractivity contribution in [3.05, 3.63) is 107 Å². The molecule has 1 aliphatic rings. The monoisotopic (exact) mass is 548 g/mol. The van der Waals surface area contributed by atoms with Gasteiger partial charge in [0.15, 0.2) is 0 Å². The summed E-state index contributed by atoms with van der Waals surface area (Å²) in [6.07, 6.45) is 5.32. The van der Waals surface area contributed by atoms with Crippen molar-refractivity contribution in [2.24, 2.45) is 5.41 Å². The maximum atomic E-state index is 14.0. The molecule has 40 heavy (non-hydrogen) atoms. The van der Waals surface area contributed by atoms with Gasteiger partial charge >= 0.3 is 0 Å². The number of hydrogen-bond donors (Lipinski definition) is 3. The SMILES string of the molecule is CC(C)(C)Cc1cccc(C2(NC[C@H](O)[C@H](Cc3cc(F)cc(F)c3)NC(=O)c3ccccc3)CCCCC2)c1. The summed E-state index contributed by atoms with van der Waals surface area (Å²) in [6, 6.07) is 20.1. The van der Waals surface area contributed by atoms with Crippen LogP contribution in [0.15, 0.2) is 72.8 Å². The van der Waals surface area contributed by atoms with Gasteiger partial charge in [0.05, 0.1) is 12.1 Å². The van der Waals surface area contributed by atoms with E-state index in [4.69, 9.17) is 0 Å². The molecule has 3 N–H and O–H groups in total. The van der Waals surface area contributed by atoms with Crippen LogP contribution in [0.1, 0.15) is 79.9 Å². The fourth-order valence-electron chi connectivity index (χ4n) is 5.86. The first-order valence-electron chi connectivity index (χ1n) is 14.4. The summed E-state index contributed by atoms with van der Waals surface area (Å²) in [5, 5.41) is 18.1. The number of aliphatic hydroxyl groups excluding tert-OH is 1. The summed E-state index contributed by atoms with van der Waals surface area (Å²) in [5.74, 6) is -1.72. The van der Waals surface area contributed by atoms with E-state index in [1.807, 2.05) is 6.07 Å². The quantitative estimate of drug-likeness (QED) is 0.264. The van der Waals surface area contributed by atoms with Crippen LogP contribution in [0.25, 0.3) is 0 Å². The van der Waals surface area contributed by atoms with Crippen LogP contribution in [0.2, 0.25) is 0 Å². The topological polar surface area (TPSA) is 61.4 Å². The van der Waals surface area contributed by atoms with E-state index in [1.54, 1.807) is 24.3 Å². The van der Waals surface area contributed by atoms with Crippen LogP contribution in [0.4, 0.5) is 8.78 Å². The van der Waals surface area contributed by atoms with Crippen LogP contribution in [0.3, 0.4) is 0 Å². The standard InChI is InChI=1S/C34H42F2N2O2/c1-33(2,3)22-24-11-10-14-27(17-24)34(15-8-5-9-16-34)37-23-31(39)30(20-25-18-28(35)21-29(36)19-25)38-32(40)26-12-6-4-7-13-26/h4,6-7,10-14,17-19,21,30-31,37,39H,5,8-9,15-16,20,22-23H2,1-3H3,(H,38,40)/t30-,31-/m0/s1. The number of hydrogen-bond acceptors (Lipinski definition) is 3. The lowest BCUT2D eigenvalue weighted by Gasteiger charge is -2.40. The number of amides is 1. The zero-order valence-corrected chi connectivity index (χ0v) is 23.9. The summed E-state index contributed by atoms with van der Waals surface area (Å²) in [4.78, 5) is 13.0. The average Bonchev–Trinajstić information content (AvgIpc) is 2.91. The van der Waals surface area contributed by atoms with E-state index in [9.17, 15) is 18.7 Å². The Kier molecular flexibility index (Phi) is 9.75. The van der Waals surface area contributed by atoms with Crippen LogP contribution < -0.4 is 10.6 Å². The van der Waals surface area contributed by atoms with Crippen molar-refractivity contribution < 1.29 is 18.7 Å². The van der Waals surface area contributed by atoms with Crippen molar-refractivity contribution in [1.29, 1.82) is 0 Å². The molecule has 214 valence electrons. The van der Waals surface area contributed by atoms with Crippen molar-refractivity contribution in [2.45, 2.75) is 83.4 Å². The third-order valence-corrected chi connectivity index (χ3v) is 7.77. The average molecular weight is 549 g/mol. The predicted molar refractivity (Wildman–Crippen MR) is 156 cm³/mol. The van der Waals surface area contributed by atoms with Gasteiger partial charge in [0.2, 0.25) is 0 Å². The molecule has 0 heterocycles. The lowest BCUT2D eigenvalue weighted by molar-refractivity contribution is 0.0788. The van der Waals surface area contributed by atoms with E-state index in [0.29, 0.717) is 11.1 Å². The van der Waals surface area contributed by atoms with Gasteiger partial charge in [-0.1, -0.05) is 82.5 Å². The lowest BCUT2D eigenvalue weighted by atomic mass is 9.75. The van der Waals surface area contributed by atoms with Gasteiger partial charge in [0.1, 0.15) is 11.6 Å². The Balaban J connectivity index is 1.56. The fraction of sp³-hybridized carbons (Fsp3) is 0.441. The number of rotatable bonds is 10. The molecule has 4 rings (SSSR count). The second-order valence-corrected chi connectivity index (χ2v) is 12.5. The third-order valence-electron chi connectivity index (χ3n) is 7.77. The van der Waals surface area contributed by atoms with Crippen molar-refractivity contribution in [2.75, 3.05) is 6.54 Å². The molecule has 0 saturated heterocycles. The zero-order chi connectivity index (χ0) is 28.8. The van der Waals surface area contributed by atoms with Crippen molar-refractivity contribution in [1.82, 2.24) is 10.6 Å². The number of nitrogens with one attached hydrogen (secondary N) is 2. The zero-order valence-electron chi connectivity index (χ0n) is 23.9. The molecule has 0 radical (unpaired) electrons. The maximum absolute atomic E-state index is 14.0. The largest absolute Gasteiger partial charge is 0.390 e. The van der Waals surface area contributed by atoms with Gasteiger partial charge in [-0.25, -0.2) is 8.78 Å². The summed E-state index contributed by atoms with van der Waals surface area (Å²) in [6.45, 7) is 6.93. The minimum Gasteiger partial charge on any atom is -0.390 e. The molecule has 1 aliphatic carbocycles. The van der Waals surface area contributed by atoms with Crippen LogP contribution in [0.5, 0.6) is 0 Å². The molecular weight excluding hydrogens is 506 g/mol. The Morgan fingerprint density at radius 2 is 1.57 bits per heavy atom. The Morgan fingerprint density at radius 3 is 2.23 bits per heavy atom.